The van der Waals surface area contributed by atoms with Crippen molar-refractivity contribution < 1.29 is 14.3 Å². The average Bonchev–Trinajstić information content (AvgIpc) is 2.97. The van der Waals surface area contributed by atoms with Crippen molar-refractivity contribution in [2.75, 3.05) is 26.9 Å². The molecule has 1 amide bonds. The van der Waals surface area contributed by atoms with E-state index in [1.54, 1.807) is 31.4 Å². The van der Waals surface area contributed by atoms with E-state index >= 15 is 0 Å². The number of morpholine rings is 1. The highest BCUT2D eigenvalue weighted by molar-refractivity contribution is 5.95. The molecule has 0 N–H and O–H groups in total. The van der Waals surface area contributed by atoms with E-state index in [9.17, 15) is 4.79 Å². The lowest BCUT2D eigenvalue weighted by Crippen LogP contribution is -2.51. The van der Waals surface area contributed by atoms with Gasteiger partial charge in [-0.05, 0) is 37.0 Å². The van der Waals surface area contributed by atoms with Gasteiger partial charge in [0.05, 0.1) is 30.4 Å². The molecular formula is C17H20N2O3. The number of rotatable bonds is 3. The minimum absolute atomic E-state index is 0.00605. The molecule has 1 aromatic carbocycles. The molecule has 116 valence electrons. The van der Waals surface area contributed by atoms with E-state index in [1.807, 2.05) is 4.90 Å². The molecule has 5 heteroatoms. The molecule has 2 aliphatic rings. The Balaban J connectivity index is 1.78. The Labute approximate surface area is 130 Å². The van der Waals surface area contributed by atoms with Crippen LogP contribution in [-0.2, 0) is 9.47 Å². The van der Waals surface area contributed by atoms with Crippen LogP contribution in [0, 0.1) is 17.2 Å². The maximum absolute atomic E-state index is 12.8. The number of ether oxygens (including phenoxy) is 2. The summed E-state index contributed by atoms with van der Waals surface area (Å²) in [5.74, 6) is 0.437. The number of carbonyl (C=O) groups is 1. The van der Waals surface area contributed by atoms with Crippen LogP contribution in [0.2, 0.25) is 0 Å². The zero-order valence-corrected chi connectivity index (χ0v) is 12.7. The lowest BCUT2D eigenvalue weighted by Gasteiger charge is -2.37. The zero-order valence-electron chi connectivity index (χ0n) is 12.7. The first-order valence-corrected chi connectivity index (χ1v) is 7.64. The molecule has 1 heterocycles. The molecule has 1 aliphatic carbocycles. The summed E-state index contributed by atoms with van der Waals surface area (Å²) < 4.78 is 11.1. The Morgan fingerprint density at radius 2 is 2.36 bits per heavy atom. The Hall–Kier alpha value is -1.90. The number of fused-ring (bicyclic) bond motifs is 1. The van der Waals surface area contributed by atoms with Gasteiger partial charge in [-0.2, -0.15) is 5.26 Å². The van der Waals surface area contributed by atoms with Crippen LogP contribution >= 0.6 is 0 Å². The topological polar surface area (TPSA) is 62.6 Å². The van der Waals surface area contributed by atoms with Crippen molar-refractivity contribution in [1.29, 1.82) is 5.26 Å². The van der Waals surface area contributed by atoms with Crippen LogP contribution in [0.4, 0.5) is 0 Å². The molecular weight excluding hydrogens is 280 g/mol. The predicted octanol–water partition coefficient (Wildman–Crippen LogP) is 1.82. The molecule has 1 aliphatic heterocycles. The standard InChI is InChI=1S/C17H20N2O3/c1-21-11-13-8-15-16(9-13)22-6-5-19(15)17(20)14-4-2-3-12(7-14)10-18/h2-4,7,13,15-16H,5-6,8-9,11H2,1H3. The third kappa shape index (κ3) is 2.85. The Kier molecular flexibility index (Phi) is 4.41. The van der Waals surface area contributed by atoms with Crippen LogP contribution in [0.15, 0.2) is 24.3 Å². The van der Waals surface area contributed by atoms with E-state index in [2.05, 4.69) is 6.07 Å². The second kappa shape index (κ2) is 6.47. The highest BCUT2D eigenvalue weighted by Crippen LogP contribution is 2.35. The van der Waals surface area contributed by atoms with Gasteiger partial charge < -0.3 is 14.4 Å². The van der Waals surface area contributed by atoms with Crippen molar-refractivity contribution in [3.8, 4) is 6.07 Å². The quantitative estimate of drug-likeness (QED) is 0.854. The summed E-state index contributed by atoms with van der Waals surface area (Å²) in [6, 6.07) is 9.10. The van der Waals surface area contributed by atoms with Crippen LogP contribution in [0.5, 0.6) is 0 Å². The molecule has 1 aromatic rings. The average molecular weight is 300 g/mol. The lowest BCUT2D eigenvalue weighted by atomic mass is 10.1. The predicted molar refractivity (Wildman–Crippen MR) is 80.3 cm³/mol. The molecule has 2 fully saturated rings. The molecule has 5 nitrogen and oxygen atoms in total. The summed E-state index contributed by atoms with van der Waals surface area (Å²) >= 11 is 0. The molecule has 1 saturated carbocycles. The van der Waals surface area contributed by atoms with Crippen LogP contribution in [0.25, 0.3) is 0 Å². The molecule has 0 bridgehead atoms. The Morgan fingerprint density at radius 1 is 1.50 bits per heavy atom. The molecule has 0 spiro atoms. The van der Waals surface area contributed by atoms with Crippen molar-refractivity contribution in [3.63, 3.8) is 0 Å². The molecule has 0 radical (unpaired) electrons. The summed E-state index contributed by atoms with van der Waals surface area (Å²) in [7, 11) is 1.71. The summed E-state index contributed by atoms with van der Waals surface area (Å²) in [6.45, 7) is 1.89. The van der Waals surface area contributed by atoms with Gasteiger partial charge in [0.25, 0.3) is 5.91 Å². The fourth-order valence-corrected chi connectivity index (χ4v) is 3.56. The minimum atomic E-state index is -0.00605. The number of amides is 1. The van der Waals surface area contributed by atoms with Gasteiger partial charge in [0.1, 0.15) is 0 Å². The monoisotopic (exact) mass is 300 g/mol. The Bertz CT molecular complexity index is 596. The van der Waals surface area contributed by atoms with Gasteiger partial charge in [-0.1, -0.05) is 6.07 Å². The number of hydrogen-bond acceptors (Lipinski definition) is 4. The smallest absolute Gasteiger partial charge is 0.254 e. The fourth-order valence-electron chi connectivity index (χ4n) is 3.56. The number of nitriles is 1. The van der Waals surface area contributed by atoms with Crippen molar-refractivity contribution in [3.05, 3.63) is 35.4 Å². The van der Waals surface area contributed by atoms with E-state index in [-0.39, 0.29) is 18.1 Å². The van der Waals surface area contributed by atoms with Crippen molar-refractivity contribution in [1.82, 2.24) is 4.90 Å². The first-order chi connectivity index (χ1) is 10.7. The van der Waals surface area contributed by atoms with Crippen molar-refractivity contribution in [2.45, 2.75) is 25.0 Å². The summed E-state index contributed by atoms with van der Waals surface area (Å²) in [5.41, 5.74) is 1.09. The zero-order chi connectivity index (χ0) is 15.5. The van der Waals surface area contributed by atoms with Gasteiger partial charge in [-0.3, -0.25) is 4.79 Å². The third-order valence-electron chi connectivity index (χ3n) is 4.54. The van der Waals surface area contributed by atoms with Crippen LogP contribution < -0.4 is 0 Å². The number of nitrogens with zero attached hydrogens (tertiary/aromatic N) is 2. The van der Waals surface area contributed by atoms with Gasteiger partial charge >= 0.3 is 0 Å². The normalized spacial score (nSPS) is 27.3. The largest absolute Gasteiger partial charge is 0.384 e. The van der Waals surface area contributed by atoms with Gasteiger partial charge in [0.2, 0.25) is 0 Å². The third-order valence-corrected chi connectivity index (χ3v) is 4.54. The maximum atomic E-state index is 12.8. The SMILES string of the molecule is COCC1CC2OCCN(C(=O)c3cccc(C#N)c3)C2C1. The minimum Gasteiger partial charge on any atom is -0.384 e. The molecule has 3 unspecified atom stereocenters. The first kappa shape index (κ1) is 15.0. The van der Waals surface area contributed by atoms with E-state index in [0.717, 1.165) is 12.8 Å². The van der Waals surface area contributed by atoms with Gasteiger partial charge in [0, 0.05) is 25.8 Å². The second-order valence-corrected chi connectivity index (χ2v) is 5.96. The highest BCUT2D eigenvalue weighted by atomic mass is 16.5. The molecule has 0 aromatic heterocycles. The van der Waals surface area contributed by atoms with E-state index < -0.39 is 0 Å². The van der Waals surface area contributed by atoms with E-state index in [1.165, 1.54) is 0 Å². The van der Waals surface area contributed by atoms with Crippen molar-refractivity contribution in [2.24, 2.45) is 5.92 Å². The van der Waals surface area contributed by atoms with Crippen LogP contribution in [-0.4, -0.2) is 49.8 Å². The lowest BCUT2D eigenvalue weighted by molar-refractivity contribution is -0.0449. The van der Waals surface area contributed by atoms with E-state index in [4.69, 9.17) is 14.7 Å². The summed E-state index contributed by atoms with van der Waals surface area (Å²) in [5, 5.41) is 8.99. The van der Waals surface area contributed by atoms with Crippen LogP contribution in [0.1, 0.15) is 28.8 Å². The fraction of sp³-hybridized carbons (Fsp3) is 0.529. The van der Waals surface area contributed by atoms with Gasteiger partial charge in [-0.15, -0.1) is 0 Å². The van der Waals surface area contributed by atoms with Gasteiger partial charge in [-0.25, -0.2) is 0 Å². The molecule has 3 atom stereocenters. The maximum Gasteiger partial charge on any atom is 0.254 e. The number of hydrogen-bond donors (Lipinski definition) is 0. The Morgan fingerprint density at radius 3 is 3.14 bits per heavy atom. The number of benzene rings is 1. The second-order valence-electron chi connectivity index (χ2n) is 5.96. The first-order valence-electron chi connectivity index (χ1n) is 7.64. The van der Waals surface area contributed by atoms with Gasteiger partial charge in [0.15, 0.2) is 0 Å². The number of carbonyl (C=O) groups excluding carboxylic acids is 1. The molecule has 3 rings (SSSR count). The van der Waals surface area contributed by atoms with Crippen LogP contribution in [0.3, 0.4) is 0 Å². The molecule has 1 saturated heterocycles. The van der Waals surface area contributed by atoms with E-state index in [0.29, 0.717) is 36.8 Å². The number of methoxy groups -OCH3 is 1. The van der Waals surface area contributed by atoms with Crippen molar-refractivity contribution >= 4 is 5.91 Å². The highest BCUT2D eigenvalue weighted by Gasteiger charge is 2.42. The molecule has 22 heavy (non-hydrogen) atoms. The summed E-state index contributed by atoms with van der Waals surface area (Å²) in [4.78, 5) is 14.7. The summed E-state index contributed by atoms with van der Waals surface area (Å²) in [6.07, 6.45) is 1.97.